The first kappa shape index (κ1) is 12.2. The van der Waals surface area contributed by atoms with Gasteiger partial charge in [-0.15, -0.1) is 0 Å². The summed E-state index contributed by atoms with van der Waals surface area (Å²) in [5, 5.41) is 0. The van der Waals surface area contributed by atoms with Crippen molar-refractivity contribution in [2.24, 2.45) is 5.92 Å². The number of aryl methyl sites for hydroxylation is 2. The van der Waals surface area contributed by atoms with Crippen molar-refractivity contribution in [3.05, 3.63) is 59.2 Å². The molecular weight excluding hydrogens is 232 g/mol. The molecule has 2 aromatic carbocycles. The highest BCUT2D eigenvalue weighted by Gasteiger charge is 2.30. The van der Waals surface area contributed by atoms with E-state index in [2.05, 4.69) is 44.2 Å². The fourth-order valence-electron chi connectivity index (χ4n) is 2.44. The second kappa shape index (κ2) is 4.65. The molecule has 0 spiro atoms. The monoisotopic (exact) mass is 250 g/mol. The van der Waals surface area contributed by atoms with Gasteiger partial charge in [0, 0.05) is 11.5 Å². The third-order valence-electron chi connectivity index (χ3n) is 3.82. The third kappa shape index (κ3) is 2.46. The first-order valence-electron chi connectivity index (χ1n) is 6.87. The molecule has 0 saturated heterocycles. The molecule has 1 fully saturated rings. The van der Waals surface area contributed by atoms with Gasteiger partial charge in [0.25, 0.3) is 0 Å². The van der Waals surface area contributed by atoms with E-state index in [-0.39, 0.29) is 0 Å². The zero-order valence-electron chi connectivity index (χ0n) is 11.4. The van der Waals surface area contributed by atoms with Crippen LogP contribution in [0, 0.1) is 19.8 Å². The minimum absolute atomic E-state index is 0.298. The normalized spacial score (nSPS) is 14.4. The molecule has 0 aromatic heterocycles. The van der Waals surface area contributed by atoms with Crippen molar-refractivity contribution < 1.29 is 4.79 Å². The zero-order chi connectivity index (χ0) is 13.4. The molecule has 1 heteroatoms. The molecule has 0 aliphatic heterocycles. The average molecular weight is 250 g/mol. The molecule has 3 rings (SSSR count). The minimum atomic E-state index is 0.298. The summed E-state index contributed by atoms with van der Waals surface area (Å²) in [6.07, 6.45) is 2.13. The first-order chi connectivity index (χ1) is 9.15. The number of hydrogen-bond donors (Lipinski definition) is 0. The third-order valence-corrected chi connectivity index (χ3v) is 3.82. The van der Waals surface area contributed by atoms with E-state index in [9.17, 15) is 4.79 Å². The van der Waals surface area contributed by atoms with Crippen LogP contribution in [-0.4, -0.2) is 5.78 Å². The number of benzene rings is 2. The van der Waals surface area contributed by atoms with Gasteiger partial charge in [0.05, 0.1) is 0 Å². The van der Waals surface area contributed by atoms with Gasteiger partial charge in [-0.1, -0.05) is 48.0 Å². The number of hydrogen-bond acceptors (Lipinski definition) is 1. The van der Waals surface area contributed by atoms with Crippen LogP contribution in [0.25, 0.3) is 11.1 Å². The van der Waals surface area contributed by atoms with E-state index in [1.54, 1.807) is 0 Å². The van der Waals surface area contributed by atoms with Crippen LogP contribution in [0.15, 0.2) is 42.5 Å². The Bertz CT molecular complexity index is 619. The fourth-order valence-corrected chi connectivity index (χ4v) is 2.44. The Balaban J connectivity index is 1.93. The molecule has 1 nitrogen and oxygen atoms in total. The van der Waals surface area contributed by atoms with Crippen LogP contribution in [0.1, 0.15) is 34.3 Å². The van der Waals surface area contributed by atoms with Gasteiger partial charge in [-0.25, -0.2) is 0 Å². The van der Waals surface area contributed by atoms with E-state index in [1.807, 2.05) is 12.1 Å². The smallest absolute Gasteiger partial charge is 0.165 e. The van der Waals surface area contributed by atoms with Crippen molar-refractivity contribution >= 4 is 5.78 Å². The molecular formula is C18H18O. The van der Waals surface area contributed by atoms with E-state index < -0.39 is 0 Å². The number of carbonyl (C=O) groups is 1. The highest BCUT2D eigenvalue weighted by atomic mass is 16.1. The van der Waals surface area contributed by atoms with Gasteiger partial charge < -0.3 is 0 Å². The number of ketones is 1. The van der Waals surface area contributed by atoms with Crippen LogP contribution >= 0.6 is 0 Å². The summed E-state index contributed by atoms with van der Waals surface area (Å²) in [4.78, 5) is 12.0. The molecule has 19 heavy (non-hydrogen) atoms. The molecule has 0 N–H and O–H groups in total. The van der Waals surface area contributed by atoms with Gasteiger partial charge in [-0.2, -0.15) is 0 Å². The summed E-state index contributed by atoms with van der Waals surface area (Å²) < 4.78 is 0. The molecule has 1 aliphatic rings. The van der Waals surface area contributed by atoms with E-state index in [0.717, 1.165) is 18.4 Å². The summed E-state index contributed by atoms with van der Waals surface area (Å²) in [6.45, 7) is 4.23. The average Bonchev–Trinajstić information content (AvgIpc) is 3.25. The lowest BCUT2D eigenvalue weighted by molar-refractivity contribution is 0.0967. The molecule has 0 atom stereocenters. The molecule has 96 valence electrons. The molecule has 2 aromatic rings. The number of Topliss-reactive ketones (excluding diaryl/α,β-unsaturated/α-hetero) is 1. The van der Waals surface area contributed by atoms with Crippen molar-refractivity contribution in [3.63, 3.8) is 0 Å². The van der Waals surface area contributed by atoms with Crippen LogP contribution in [-0.2, 0) is 0 Å². The van der Waals surface area contributed by atoms with Crippen LogP contribution in [0.2, 0.25) is 0 Å². The Kier molecular flexibility index (Phi) is 2.98. The van der Waals surface area contributed by atoms with Crippen LogP contribution < -0.4 is 0 Å². The topological polar surface area (TPSA) is 17.1 Å². The molecule has 0 bridgehead atoms. The SMILES string of the molecule is Cc1ccc(C)c(-c2ccc(C(=O)C3CC3)cc2)c1. The van der Waals surface area contributed by atoms with Gasteiger partial charge >= 0.3 is 0 Å². The van der Waals surface area contributed by atoms with E-state index in [1.165, 1.54) is 22.3 Å². The molecule has 1 saturated carbocycles. The van der Waals surface area contributed by atoms with Crippen LogP contribution in [0.4, 0.5) is 0 Å². The summed E-state index contributed by atoms with van der Waals surface area (Å²) >= 11 is 0. The fraction of sp³-hybridized carbons (Fsp3) is 0.278. The van der Waals surface area contributed by atoms with Gasteiger partial charge in [0.1, 0.15) is 0 Å². The summed E-state index contributed by atoms with van der Waals surface area (Å²) in [5.41, 5.74) is 5.83. The summed E-state index contributed by atoms with van der Waals surface area (Å²) in [5.74, 6) is 0.610. The van der Waals surface area contributed by atoms with Crippen molar-refractivity contribution in [2.75, 3.05) is 0 Å². The maximum atomic E-state index is 12.0. The van der Waals surface area contributed by atoms with Crippen LogP contribution in [0.5, 0.6) is 0 Å². The van der Waals surface area contributed by atoms with Crippen molar-refractivity contribution in [2.45, 2.75) is 26.7 Å². The zero-order valence-corrected chi connectivity index (χ0v) is 11.4. The van der Waals surface area contributed by atoms with Gasteiger partial charge in [0.15, 0.2) is 5.78 Å². The second-order valence-electron chi connectivity index (χ2n) is 5.53. The van der Waals surface area contributed by atoms with E-state index >= 15 is 0 Å². The minimum Gasteiger partial charge on any atom is -0.294 e. The lowest BCUT2D eigenvalue weighted by Crippen LogP contribution is -2.00. The van der Waals surface area contributed by atoms with E-state index in [4.69, 9.17) is 0 Å². The Hall–Kier alpha value is -1.89. The van der Waals surface area contributed by atoms with Gasteiger partial charge in [-0.05, 0) is 43.4 Å². The van der Waals surface area contributed by atoms with Gasteiger partial charge in [-0.3, -0.25) is 4.79 Å². The molecule has 0 amide bonds. The second-order valence-corrected chi connectivity index (χ2v) is 5.53. The molecule has 0 heterocycles. The molecule has 0 radical (unpaired) electrons. The van der Waals surface area contributed by atoms with Crippen molar-refractivity contribution in [1.82, 2.24) is 0 Å². The lowest BCUT2D eigenvalue weighted by Gasteiger charge is -2.08. The Morgan fingerprint density at radius 2 is 1.68 bits per heavy atom. The highest BCUT2D eigenvalue weighted by molar-refractivity contribution is 5.99. The van der Waals surface area contributed by atoms with Gasteiger partial charge in [0.2, 0.25) is 0 Å². The number of carbonyl (C=O) groups excluding carboxylic acids is 1. The predicted molar refractivity (Wildman–Crippen MR) is 78.4 cm³/mol. The Morgan fingerprint density at radius 1 is 1.00 bits per heavy atom. The van der Waals surface area contributed by atoms with E-state index in [0.29, 0.717) is 11.7 Å². The van der Waals surface area contributed by atoms with Crippen molar-refractivity contribution in [1.29, 1.82) is 0 Å². The summed E-state index contributed by atoms with van der Waals surface area (Å²) in [6, 6.07) is 14.6. The first-order valence-corrected chi connectivity index (χ1v) is 6.87. The molecule has 0 unspecified atom stereocenters. The highest BCUT2D eigenvalue weighted by Crippen LogP contribution is 2.33. The number of rotatable bonds is 3. The molecule has 1 aliphatic carbocycles. The van der Waals surface area contributed by atoms with Crippen LogP contribution in [0.3, 0.4) is 0 Å². The standard InChI is InChI=1S/C18H18O/c1-12-3-4-13(2)17(11-12)14-5-7-15(8-6-14)18(19)16-9-10-16/h3-8,11,16H,9-10H2,1-2H3. The largest absolute Gasteiger partial charge is 0.294 e. The Morgan fingerprint density at radius 3 is 2.32 bits per heavy atom. The lowest BCUT2D eigenvalue weighted by atomic mass is 9.96. The maximum Gasteiger partial charge on any atom is 0.165 e. The summed E-state index contributed by atoms with van der Waals surface area (Å²) in [7, 11) is 0. The maximum absolute atomic E-state index is 12.0. The van der Waals surface area contributed by atoms with Crippen molar-refractivity contribution in [3.8, 4) is 11.1 Å². The Labute approximate surface area is 114 Å². The predicted octanol–water partition coefficient (Wildman–Crippen LogP) is 4.56. The quantitative estimate of drug-likeness (QED) is 0.730.